The lowest BCUT2D eigenvalue weighted by molar-refractivity contribution is 0.306. The number of rotatable bonds is 4. The van der Waals surface area contributed by atoms with E-state index in [0.29, 0.717) is 11.6 Å². The fraction of sp³-hybridized carbons (Fsp3) is 0.0588. The Labute approximate surface area is 128 Å². The molecular weight excluding hydrogens is 284 g/mol. The second-order valence-electron chi connectivity index (χ2n) is 4.52. The summed E-state index contributed by atoms with van der Waals surface area (Å²) in [5.41, 5.74) is 2.66. The number of nitrogens with zero attached hydrogens (tertiary/aromatic N) is 2. The maximum Gasteiger partial charge on any atom is 0.120 e. The first-order valence-corrected chi connectivity index (χ1v) is 6.95. The molecule has 1 heterocycles. The van der Waals surface area contributed by atoms with Crippen LogP contribution in [0.5, 0.6) is 5.75 Å². The van der Waals surface area contributed by atoms with Crippen molar-refractivity contribution in [3.8, 4) is 17.0 Å². The van der Waals surface area contributed by atoms with Gasteiger partial charge in [-0.05, 0) is 35.9 Å². The molecule has 1 aromatic heterocycles. The molecule has 0 fully saturated rings. The second kappa shape index (κ2) is 6.37. The first kappa shape index (κ1) is 13.6. The van der Waals surface area contributed by atoms with Crippen LogP contribution in [0.2, 0.25) is 5.02 Å². The number of hydrogen-bond acceptors (Lipinski definition) is 3. The van der Waals surface area contributed by atoms with Gasteiger partial charge in [-0.15, -0.1) is 0 Å². The molecule has 0 N–H and O–H groups in total. The Hall–Kier alpha value is -2.39. The van der Waals surface area contributed by atoms with E-state index in [1.807, 2.05) is 60.7 Å². The Bertz CT molecular complexity index is 717. The average molecular weight is 297 g/mol. The van der Waals surface area contributed by atoms with Gasteiger partial charge in [-0.3, -0.25) is 0 Å². The van der Waals surface area contributed by atoms with Gasteiger partial charge in [0.05, 0.1) is 10.7 Å². The van der Waals surface area contributed by atoms with Gasteiger partial charge in [0.15, 0.2) is 0 Å². The van der Waals surface area contributed by atoms with Crippen molar-refractivity contribution >= 4 is 11.6 Å². The van der Waals surface area contributed by atoms with E-state index in [1.54, 1.807) is 6.20 Å². The number of aromatic nitrogens is 2. The van der Waals surface area contributed by atoms with Crippen molar-refractivity contribution in [1.82, 2.24) is 10.2 Å². The summed E-state index contributed by atoms with van der Waals surface area (Å²) in [5.74, 6) is 0.754. The van der Waals surface area contributed by atoms with Gasteiger partial charge >= 0.3 is 0 Å². The standard InChI is InChI=1S/C17H13ClN2O/c18-16-9-8-14(21-12-13-5-2-1-3-6-13)11-15(16)17-7-4-10-19-20-17/h1-11H,12H2. The van der Waals surface area contributed by atoms with Crippen LogP contribution in [0.3, 0.4) is 0 Å². The summed E-state index contributed by atoms with van der Waals surface area (Å²) in [4.78, 5) is 0. The van der Waals surface area contributed by atoms with Crippen molar-refractivity contribution in [2.24, 2.45) is 0 Å². The van der Waals surface area contributed by atoms with Crippen LogP contribution in [0.1, 0.15) is 5.56 Å². The van der Waals surface area contributed by atoms with Crippen LogP contribution in [-0.2, 0) is 6.61 Å². The zero-order valence-corrected chi connectivity index (χ0v) is 12.0. The van der Waals surface area contributed by atoms with E-state index < -0.39 is 0 Å². The fourth-order valence-electron chi connectivity index (χ4n) is 1.98. The molecule has 2 aromatic carbocycles. The Morgan fingerprint density at radius 1 is 0.952 bits per heavy atom. The van der Waals surface area contributed by atoms with Crippen LogP contribution in [0.4, 0.5) is 0 Å². The quantitative estimate of drug-likeness (QED) is 0.717. The van der Waals surface area contributed by atoms with Gasteiger partial charge in [0.25, 0.3) is 0 Å². The zero-order valence-electron chi connectivity index (χ0n) is 11.2. The van der Waals surface area contributed by atoms with Gasteiger partial charge in [0.1, 0.15) is 12.4 Å². The van der Waals surface area contributed by atoms with Crippen molar-refractivity contribution in [3.63, 3.8) is 0 Å². The van der Waals surface area contributed by atoms with Crippen LogP contribution in [-0.4, -0.2) is 10.2 Å². The minimum Gasteiger partial charge on any atom is -0.489 e. The summed E-state index contributed by atoms with van der Waals surface area (Å²) in [7, 11) is 0. The maximum atomic E-state index is 6.22. The molecule has 0 saturated heterocycles. The van der Waals surface area contributed by atoms with Gasteiger partial charge in [0.2, 0.25) is 0 Å². The molecule has 0 aliphatic carbocycles. The van der Waals surface area contributed by atoms with E-state index in [1.165, 1.54) is 0 Å². The summed E-state index contributed by atoms with van der Waals surface area (Å²) in [6, 6.07) is 19.3. The van der Waals surface area contributed by atoms with Crippen molar-refractivity contribution in [2.75, 3.05) is 0 Å². The van der Waals surface area contributed by atoms with Gasteiger partial charge < -0.3 is 4.74 Å². The molecule has 0 saturated carbocycles. The van der Waals surface area contributed by atoms with Gasteiger partial charge in [0, 0.05) is 11.8 Å². The fourth-order valence-corrected chi connectivity index (χ4v) is 2.19. The predicted octanol–water partition coefficient (Wildman–Crippen LogP) is 4.38. The molecule has 4 heteroatoms. The minimum atomic E-state index is 0.516. The lowest BCUT2D eigenvalue weighted by atomic mass is 10.1. The van der Waals surface area contributed by atoms with E-state index in [4.69, 9.17) is 16.3 Å². The second-order valence-corrected chi connectivity index (χ2v) is 4.93. The van der Waals surface area contributed by atoms with E-state index in [2.05, 4.69) is 10.2 Å². The lowest BCUT2D eigenvalue weighted by Gasteiger charge is -2.09. The third kappa shape index (κ3) is 3.38. The molecule has 3 nitrogen and oxygen atoms in total. The average Bonchev–Trinajstić information content (AvgIpc) is 2.56. The van der Waals surface area contributed by atoms with Gasteiger partial charge in [-0.2, -0.15) is 10.2 Å². The number of halogens is 1. The van der Waals surface area contributed by atoms with Crippen molar-refractivity contribution in [1.29, 1.82) is 0 Å². The Kier molecular flexibility index (Phi) is 4.12. The molecule has 21 heavy (non-hydrogen) atoms. The van der Waals surface area contributed by atoms with E-state index >= 15 is 0 Å². The highest BCUT2D eigenvalue weighted by Crippen LogP contribution is 2.30. The Morgan fingerprint density at radius 3 is 2.57 bits per heavy atom. The molecule has 0 radical (unpaired) electrons. The molecule has 0 atom stereocenters. The highest BCUT2D eigenvalue weighted by molar-refractivity contribution is 6.33. The number of benzene rings is 2. The summed E-state index contributed by atoms with van der Waals surface area (Å²) < 4.78 is 5.80. The summed E-state index contributed by atoms with van der Waals surface area (Å²) in [6.45, 7) is 0.516. The summed E-state index contributed by atoms with van der Waals surface area (Å²) in [5, 5.41) is 8.58. The smallest absolute Gasteiger partial charge is 0.120 e. The largest absolute Gasteiger partial charge is 0.489 e. The normalized spacial score (nSPS) is 10.3. The molecule has 0 spiro atoms. The monoisotopic (exact) mass is 296 g/mol. The Morgan fingerprint density at radius 2 is 1.81 bits per heavy atom. The van der Waals surface area contributed by atoms with Crippen LogP contribution in [0.15, 0.2) is 66.9 Å². The first-order chi connectivity index (χ1) is 10.3. The molecule has 104 valence electrons. The molecule has 0 aliphatic heterocycles. The van der Waals surface area contributed by atoms with Crippen LogP contribution >= 0.6 is 11.6 Å². The molecule has 3 aromatic rings. The van der Waals surface area contributed by atoms with Crippen LogP contribution < -0.4 is 4.74 Å². The minimum absolute atomic E-state index is 0.516. The highest BCUT2D eigenvalue weighted by Gasteiger charge is 2.07. The van der Waals surface area contributed by atoms with Crippen LogP contribution in [0, 0.1) is 0 Å². The highest BCUT2D eigenvalue weighted by atomic mass is 35.5. The zero-order chi connectivity index (χ0) is 14.5. The van der Waals surface area contributed by atoms with Crippen LogP contribution in [0.25, 0.3) is 11.3 Å². The van der Waals surface area contributed by atoms with Crippen molar-refractivity contribution in [2.45, 2.75) is 6.61 Å². The molecule has 0 bridgehead atoms. The SMILES string of the molecule is Clc1ccc(OCc2ccccc2)cc1-c1cccnn1. The molecule has 3 rings (SSSR count). The van der Waals surface area contributed by atoms with Crippen molar-refractivity contribution < 1.29 is 4.74 Å². The molecular formula is C17H13ClN2O. The summed E-state index contributed by atoms with van der Waals surface area (Å²) in [6.07, 6.45) is 1.63. The third-order valence-electron chi connectivity index (χ3n) is 3.03. The first-order valence-electron chi connectivity index (χ1n) is 6.57. The molecule has 0 aliphatic rings. The summed E-state index contributed by atoms with van der Waals surface area (Å²) >= 11 is 6.22. The molecule has 0 amide bonds. The van der Waals surface area contributed by atoms with Crippen molar-refractivity contribution in [3.05, 3.63) is 77.4 Å². The topological polar surface area (TPSA) is 35.0 Å². The lowest BCUT2D eigenvalue weighted by Crippen LogP contribution is -1.95. The van der Waals surface area contributed by atoms with E-state index in [-0.39, 0.29) is 0 Å². The molecule has 0 unspecified atom stereocenters. The van der Waals surface area contributed by atoms with E-state index in [9.17, 15) is 0 Å². The number of ether oxygens (including phenoxy) is 1. The Balaban J connectivity index is 1.81. The van der Waals surface area contributed by atoms with Gasteiger partial charge in [-0.1, -0.05) is 41.9 Å². The third-order valence-corrected chi connectivity index (χ3v) is 3.36. The maximum absolute atomic E-state index is 6.22. The van der Waals surface area contributed by atoms with Gasteiger partial charge in [-0.25, -0.2) is 0 Å². The predicted molar refractivity (Wildman–Crippen MR) is 83.3 cm³/mol. The number of hydrogen-bond donors (Lipinski definition) is 0. The van der Waals surface area contributed by atoms with E-state index in [0.717, 1.165) is 22.6 Å².